The van der Waals surface area contributed by atoms with Crippen LogP contribution in [0, 0.1) is 5.92 Å². The van der Waals surface area contributed by atoms with Crippen molar-refractivity contribution in [2.45, 2.75) is 17.5 Å². The third-order valence-corrected chi connectivity index (χ3v) is 7.48. The molecule has 1 amide bonds. The molecule has 3 aromatic rings. The standard InChI is InChI=1S/C17H16F3N5O3S2/c1-24-8-14(15(23-24)17(18,19)20)30(27,28)25-5-4-10(7-25)16(26)22-11-2-3-13-12(6-11)21-9-29-13/h2-3,6,8-10H,4-5,7H2,1H3,(H,22,26)/t10-/m1/s1. The highest BCUT2D eigenvalue weighted by molar-refractivity contribution is 7.89. The minimum absolute atomic E-state index is 0.0578. The highest BCUT2D eigenvalue weighted by Gasteiger charge is 2.44. The van der Waals surface area contributed by atoms with Crippen LogP contribution >= 0.6 is 11.3 Å². The van der Waals surface area contributed by atoms with Gasteiger partial charge >= 0.3 is 6.18 Å². The Morgan fingerprint density at radius 3 is 2.83 bits per heavy atom. The summed E-state index contributed by atoms with van der Waals surface area (Å²) in [5.74, 6) is -1.08. The molecule has 1 fully saturated rings. The third-order valence-electron chi connectivity index (χ3n) is 4.80. The lowest BCUT2D eigenvalue weighted by Crippen LogP contribution is -2.32. The summed E-state index contributed by atoms with van der Waals surface area (Å²) < 4.78 is 67.8. The first kappa shape index (κ1) is 20.8. The number of hydrogen-bond acceptors (Lipinski definition) is 6. The normalized spacial score (nSPS) is 18.2. The molecule has 30 heavy (non-hydrogen) atoms. The molecule has 8 nitrogen and oxygen atoms in total. The van der Waals surface area contributed by atoms with Crippen molar-refractivity contribution in [3.05, 3.63) is 35.6 Å². The fourth-order valence-corrected chi connectivity index (χ4v) is 5.68. The number of amides is 1. The SMILES string of the molecule is Cn1cc(S(=O)(=O)N2CC[C@@H](C(=O)Nc3ccc4scnc4c3)C2)c(C(F)(F)F)n1. The Bertz CT molecular complexity index is 1220. The van der Waals surface area contributed by atoms with Crippen molar-refractivity contribution in [2.75, 3.05) is 18.4 Å². The van der Waals surface area contributed by atoms with E-state index in [0.717, 1.165) is 25.4 Å². The van der Waals surface area contributed by atoms with Crippen LogP contribution < -0.4 is 5.32 Å². The van der Waals surface area contributed by atoms with Crippen molar-refractivity contribution in [2.24, 2.45) is 13.0 Å². The zero-order valence-corrected chi connectivity index (χ0v) is 17.2. The van der Waals surface area contributed by atoms with Gasteiger partial charge in [-0.05, 0) is 24.6 Å². The number of nitrogens with one attached hydrogen (secondary N) is 1. The van der Waals surface area contributed by atoms with Crippen LogP contribution in [-0.4, -0.2) is 46.5 Å². The van der Waals surface area contributed by atoms with E-state index in [4.69, 9.17) is 0 Å². The molecule has 4 rings (SSSR count). The Morgan fingerprint density at radius 1 is 1.33 bits per heavy atom. The van der Waals surface area contributed by atoms with Crippen LogP contribution in [0.15, 0.2) is 34.8 Å². The average molecular weight is 459 g/mol. The number of halogens is 3. The van der Waals surface area contributed by atoms with Gasteiger partial charge in [-0.15, -0.1) is 11.3 Å². The Balaban J connectivity index is 1.50. The number of alkyl halides is 3. The number of anilines is 1. The van der Waals surface area contributed by atoms with Crippen LogP contribution in [0.5, 0.6) is 0 Å². The Morgan fingerprint density at radius 2 is 2.10 bits per heavy atom. The number of aryl methyl sites for hydroxylation is 1. The quantitative estimate of drug-likeness (QED) is 0.647. The molecule has 0 saturated carbocycles. The number of aromatic nitrogens is 3. The van der Waals surface area contributed by atoms with Crippen LogP contribution in [0.3, 0.4) is 0 Å². The van der Waals surface area contributed by atoms with Crippen LogP contribution in [0.4, 0.5) is 18.9 Å². The van der Waals surface area contributed by atoms with E-state index < -0.39 is 38.6 Å². The lowest BCUT2D eigenvalue weighted by molar-refractivity contribution is -0.143. The number of rotatable bonds is 4. The fraction of sp³-hybridized carbons (Fsp3) is 0.353. The van der Waals surface area contributed by atoms with Gasteiger partial charge in [-0.1, -0.05) is 0 Å². The van der Waals surface area contributed by atoms with Gasteiger partial charge in [0.05, 0.1) is 21.6 Å². The summed E-state index contributed by atoms with van der Waals surface area (Å²) in [6, 6.07) is 5.24. The lowest BCUT2D eigenvalue weighted by Gasteiger charge is -2.17. The Hall–Kier alpha value is -2.51. The molecule has 1 aromatic carbocycles. The van der Waals surface area contributed by atoms with Gasteiger partial charge in [0, 0.05) is 32.0 Å². The van der Waals surface area contributed by atoms with Gasteiger partial charge in [0.1, 0.15) is 4.90 Å². The maximum absolute atomic E-state index is 13.2. The predicted molar refractivity (Wildman–Crippen MR) is 103 cm³/mol. The highest BCUT2D eigenvalue weighted by Crippen LogP contribution is 2.35. The van der Waals surface area contributed by atoms with Crippen LogP contribution in [0.25, 0.3) is 10.2 Å². The zero-order valence-electron chi connectivity index (χ0n) is 15.5. The van der Waals surface area contributed by atoms with E-state index >= 15 is 0 Å². The molecule has 0 spiro atoms. The smallest absolute Gasteiger partial charge is 0.326 e. The molecular formula is C17H16F3N5O3S2. The minimum atomic E-state index is -4.91. The van der Waals surface area contributed by atoms with E-state index in [0.29, 0.717) is 5.69 Å². The van der Waals surface area contributed by atoms with Crippen LogP contribution in [-0.2, 0) is 28.0 Å². The number of fused-ring (bicyclic) bond motifs is 1. The Labute approximate surface area is 173 Å². The van der Waals surface area contributed by atoms with E-state index in [2.05, 4.69) is 15.4 Å². The molecule has 1 aliphatic rings. The molecule has 1 atom stereocenters. The number of nitrogens with zero attached hydrogens (tertiary/aromatic N) is 4. The maximum atomic E-state index is 13.2. The van der Waals surface area contributed by atoms with E-state index in [-0.39, 0.29) is 19.5 Å². The first-order valence-corrected chi connectivity index (χ1v) is 11.1. The van der Waals surface area contributed by atoms with E-state index in [1.54, 1.807) is 17.6 Å². The molecule has 13 heteroatoms. The van der Waals surface area contributed by atoms with Gasteiger partial charge in [-0.25, -0.2) is 13.4 Å². The number of sulfonamides is 1. The van der Waals surface area contributed by atoms with Gasteiger partial charge in [-0.2, -0.15) is 22.6 Å². The molecular weight excluding hydrogens is 443 g/mol. The van der Waals surface area contributed by atoms with Crippen LogP contribution in [0.1, 0.15) is 12.1 Å². The largest absolute Gasteiger partial charge is 0.436 e. The third kappa shape index (κ3) is 3.79. The molecule has 1 N–H and O–H groups in total. The van der Waals surface area contributed by atoms with Crippen molar-refractivity contribution in [3.8, 4) is 0 Å². The highest BCUT2D eigenvalue weighted by atomic mass is 32.2. The molecule has 2 aromatic heterocycles. The van der Waals surface area contributed by atoms with E-state index in [1.165, 1.54) is 18.4 Å². The molecule has 0 aliphatic carbocycles. The van der Waals surface area contributed by atoms with Crippen molar-refractivity contribution < 1.29 is 26.4 Å². The van der Waals surface area contributed by atoms with E-state index in [9.17, 15) is 26.4 Å². The number of thiazole rings is 1. The number of hydrogen-bond donors (Lipinski definition) is 1. The van der Waals surface area contributed by atoms with Crippen molar-refractivity contribution in [3.63, 3.8) is 0 Å². The van der Waals surface area contributed by atoms with Gasteiger partial charge in [0.15, 0.2) is 5.69 Å². The van der Waals surface area contributed by atoms with Crippen molar-refractivity contribution >= 4 is 43.2 Å². The molecule has 160 valence electrons. The fourth-order valence-electron chi connectivity index (χ4n) is 3.33. The van der Waals surface area contributed by atoms with E-state index in [1.807, 2.05) is 6.07 Å². The number of carbonyl (C=O) groups excluding carboxylic acids is 1. The first-order chi connectivity index (χ1) is 14.1. The summed E-state index contributed by atoms with van der Waals surface area (Å²) in [4.78, 5) is 15.8. The maximum Gasteiger partial charge on any atom is 0.436 e. The topological polar surface area (TPSA) is 97.2 Å². The number of benzene rings is 1. The molecule has 0 radical (unpaired) electrons. The second-order valence-corrected chi connectivity index (χ2v) is 9.68. The van der Waals surface area contributed by atoms with Crippen molar-refractivity contribution in [1.82, 2.24) is 19.1 Å². The lowest BCUT2D eigenvalue weighted by atomic mass is 10.1. The van der Waals surface area contributed by atoms with Gasteiger partial charge in [-0.3, -0.25) is 9.48 Å². The zero-order chi connectivity index (χ0) is 21.7. The first-order valence-electron chi connectivity index (χ1n) is 8.81. The summed E-state index contributed by atoms with van der Waals surface area (Å²) in [5, 5.41) is 5.98. The van der Waals surface area contributed by atoms with Gasteiger partial charge < -0.3 is 5.32 Å². The summed E-state index contributed by atoms with van der Waals surface area (Å²) in [6.45, 7) is -0.267. The Kier molecular flexibility index (Phi) is 5.06. The molecule has 0 unspecified atom stereocenters. The summed E-state index contributed by atoms with van der Waals surface area (Å²) in [5.41, 5.74) is 1.47. The monoisotopic (exact) mass is 459 g/mol. The summed E-state index contributed by atoms with van der Waals surface area (Å²) in [6.07, 6.45) is -3.88. The molecule has 1 aliphatic heterocycles. The second-order valence-electron chi connectivity index (χ2n) is 6.89. The molecule has 3 heterocycles. The predicted octanol–water partition coefficient (Wildman–Crippen LogP) is 2.70. The van der Waals surface area contributed by atoms with Gasteiger partial charge in [0.25, 0.3) is 0 Å². The summed E-state index contributed by atoms with van der Waals surface area (Å²) in [7, 11) is -3.23. The molecule has 1 saturated heterocycles. The van der Waals surface area contributed by atoms with Crippen molar-refractivity contribution in [1.29, 1.82) is 0 Å². The average Bonchev–Trinajstić information content (AvgIpc) is 3.39. The second kappa shape index (κ2) is 7.32. The van der Waals surface area contributed by atoms with Crippen LogP contribution in [0.2, 0.25) is 0 Å². The number of carbonyl (C=O) groups is 1. The van der Waals surface area contributed by atoms with Gasteiger partial charge in [0.2, 0.25) is 15.9 Å². The molecule has 0 bridgehead atoms. The minimum Gasteiger partial charge on any atom is -0.326 e. The summed E-state index contributed by atoms with van der Waals surface area (Å²) >= 11 is 1.46.